The van der Waals surface area contributed by atoms with Crippen molar-refractivity contribution in [2.45, 2.75) is 18.4 Å². The number of rotatable bonds is 5. The molecular weight excluding hydrogens is 268 g/mol. The molecule has 0 aromatic carbocycles. The molecule has 2 rings (SSSR count). The zero-order chi connectivity index (χ0) is 13.9. The van der Waals surface area contributed by atoms with Gasteiger partial charge in [0.05, 0.1) is 19.0 Å². The summed E-state index contributed by atoms with van der Waals surface area (Å²) in [6, 6.07) is 3.42. The number of aromatic amines is 1. The second kappa shape index (κ2) is 5.37. The van der Waals surface area contributed by atoms with Crippen molar-refractivity contribution in [1.82, 2.24) is 19.9 Å². The highest BCUT2D eigenvalue weighted by Crippen LogP contribution is 2.12. The number of nitrogens with one attached hydrogen (secondary N) is 2. The van der Waals surface area contributed by atoms with E-state index in [1.165, 1.54) is 13.3 Å². The van der Waals surface area contributed by atoms with Crippen LogP contribution < -0.4 is 9.46 Å². The van der Waals surface area contributed by atoms with Crippen molar-refractivity contribution in [2.24, 2.45) is 0 Å². The summed E-state index contributed by atoms with van der Waals surface area (Å²) in [6.45, 7) is 1.81. The van der Waals surface area contributed by atoms with Crippen molar-refractivity contribution in [3.8, 4) is 5.88 Å². The highest BCUT2D eigenvalue weighted by atomic mass is 32.2. The number of hydrogen-bond acceptors (Lipinski definition) is 5. The minimum atomic E-state index is -3.56. The van der Waals surface area contributed by atoms with Gasteiger partial charge < -0.3 is 4.74 Å². The monoisotopic (exact) mass is 282 g/mol. The Morgan fingerprint density at radius 2 is 2.16 bits per heavy atom. The Balaban J connectivity index is 2.07. The molecule has 0 saturated carbocycles. The zero-order valence-corrected chi connectivity index (χ0v) is 11.4. The molecule has 0 aliphatic rings. The van der Waals surface area contributed by atoms with Gasteiger partial charge in [0.15, 0.2) is 0 Å². The zero-order valence-electron chi connectivity index (χ0n) is 10.5. The highest BCUT2D eigenvalue weighted by molar-refractivity contribution is 7.89. The van der Waals surface area contributed by atoms with E-state index in [1.807, 2.05) is 0 Å². The molecule has 2 aromatic rings. The molecule has 19 heavy (non-hydrogen) atoms. The number of pyridine rings is 1. The van der Waals surface area contributed by atoms with Gasteiger partial charge in [-0.05, 0) is 12.5 Å². The van der Waals surface area contributed by atoms with Gasteiger partial charge in [-0.25, -0.2) is 18.1 Å². The Hall–Kier alpha value is -1.93. The Morgan fingerprint density at radius 3 is 2.68 bits per heavy atom. The van der Waals surface area contributed by atoms with E-state index in [0.29, 0.717) is 11.6 Å². The van der Waals surface area contributed by atoms with Crippen LogP contribution in [0, 0.1) is 6.92 Å². The lowest BCUT2D eigenvalue weighted by Crippen LogP contribution is -2.23. The summed E-state index contributed by atoms with van der Waals surface area (Å²) >= 11 is 0. The minimum Gasteiger partial charge on any atom is -0.481 e. The summed E-state index contributed by atoms with van der Waals surface area (Å²) in [5.74, 6) is 0.484. The first kappa shape index (κ1) is 13.5. The number of hydrogen-bond donors (Lipinski definition) is 2. The van der Waals surface area contributed by atoms with E-state index in [0.717, 1.165) is 5.56 Å². The van der Waals surface area contributed by atoms with Crippen LogP contribution >= 0.6 is 0 Å². The van der Waals surface area contributed by atoms with Gasteiger partial charge in [0, 0.05) is 18.8 Å². The van der Waals surface area contributed by atoms with Gasteiger partial charge in [-0.15, -0.1) is 0 Å². The molecule has 0 aliphatic heterocycles. The van der Waals surface area contributed by atoms with E-state index in [9.17, 15) is 8.42 Å². The smallest absolute Gasteiger partial charge is 0.244 e. The molecule has 0 fully saturated rings. The summed E-state index contributed by atoms with van der Waals surface area (Å²) < 4.78 is 31.4. The normalized spacial score (nSPS) is 11.5. The molecule has 7 nitrogen and oxygen atoms in total. The fourth-order valence-electron chi connectivity index (χ4n) is 1.50. The van der Waals surface area contributed by atoms with E-state index in [1.54, 1.807) is 25.3 Å². The van der Waals surface area contributed by atoms with Crippen molar-refractivity contribution in [2.75, 3.05) is 7.11 Å². The Bertz CT molecular complexity index is 649. The third-order valence-corrected chi connectivity index (χ3v) is 4.06. The van der Waals surface area contributed by atoms with Crippen LogP contribution in [0.4, 0.5) is 0 Å². The molecule has 2 N–H and O–H groups in total. The summed E-state index contributed by atoms with van der Waals surface area (Å²) in [7, 11) is -2.04. The molecule has 0 atom stereocenters. The number of ether oxygens (including phenoxy) is 1. The van der Waals surface area contributed by atoms with E-state index in [-0.39, 0.29) is 11.4 Å². The third-order valence-electron chi connectivity index (χ3n) is 2.55. The topological polar surface area (TPSA) is 97.0 Å². The largest absolute Gasteiger partial charge is 0.481 e. The van der Waals surface area contributed by atoms with Crippen LogP contribution in [0.25, 0.3) is 0 Å². The number of H-pyrrole nitrogens is 1. The molecule has 0 saturated heterocycles. The van der Waals surface area contributed by atoms with Gasteiger partial charge >= 0.3 is 0 Å². The van der Waals surface area contributed by atoms with Crippen molar-refractivity contribution < 1.29 is 13.2 Å². The average molecular weight is 282 g/mol. The van der Waals surface area contributed by atoms with Crippen LogP contribution in [-0.2, 0) is 16.6 Å². The fourth-order valence-corrected chi connectivity index (χ4v) is 2.66. The second-order valence-corrected chi connectivity index (χ2v) is 5.63. The van der Waals surface area contributed by atoms with Gasteiger partial charge in [0.25, 0.3) is 0 Å². The predicted octanol–water partition coefficient (Wildman–Crippen LogP) is 0.600. The molecule has 0 bridgehead atoms. The number of sulfonamides is 1. The number of nitrogens with zero attached hydrogens (tertiary/aromatic N) is 2. The first-order chi connectivity index (χ1) is 9.03. The lowest BCUT2D eigenvalue weighted by Gasteiger charge is -2.06. The predicted molar refractivity (Wildman–Crippen MR) is 68.1 cm³/mol. The molecule has 2 aromatic heterocycles. The summed E-state index contributed by atoms with van der Waals surface area (Å²) in [6.07, 6.45) is 2.84. The molecule has 0 aliphatic carbocycles. The van der Waals surface area contributed by atoms with Crippen LogP contribution in [0.1, 0.15) is 11.3 Å². The van der Waals surface area contributed by atoms with Gasteiger partial charge in [-0.2, -0.15) is 5.10 Å². The van der Waals surface area contributed by atoms with Gasteiger partial charge in [-0.3, -0.25) is 5.10 Å². The maximum absolute atomic E-state index is 12.0. The second-order valence-electron chi connectivity index (χ2n) is 3.89. The lowest BCUT2D eigenvalue weighted by atomic mass is 10.3. The Morgan fingerprint density at radius 1 is 1.37 bits per heavy atom. The molecule has 0 amide bonds. The molecule has 0 spiro atoms. The van der Waals surface area contributed by atoms with Crippen LogP contribution in [0.5, 0.6) is 5.88 Å². The summed E-state index contributed by atoms with van der Waals surface area (Å²) in [4.78, 5) is 4.15. The van der Waals surface area contributed by atoms with Crippen LogP contribution in [-0.4, -0.2) is 30.7 Å². The maximum Gasteiger partial charge on any atom is 0.244 e. The van der Waals surface area contributed by atoms with Crippen molar-refractivity contribution in [3.63, 3.8) is 0 Å². The highest BCUT2D eigenvalue weighted by Gasteiger charge is 2.17. The van der Waals surface area contributed by atoms with Gasteiger partial charge in [-0.1, -0.05) is 6.07 Å². The number of methoxy groups -OCH3 is 1. The lowest BCUT2D eigenvalue weighted by molar-refractivity contribution is 0.397. The van der Waals surface area contributed by atoms with E-state index < -0.39 is 10.0 Å². The first-order valence-electron chi connectivity index (χ1n) is 5.51. The molecule has 8 heteroatoms. The first-order valence-corrected chi connectivity index (χ1v) is 7.00. The maximum atomic E-state index is 12.0. The molecule has 0 radical (unpaired) electrons. The molecule has 2 heterocycles. The van der Waals surface area contributed by atoms with Gasteiger partial charge in [0.2, 0.25) is 15.9 Å². The number of aryl methyl sites for hydroxylation is 1. The third kappa shape index (κ3) is 3.09. The number of aromatic nitrogens is 3. The van der Waals surface area contributed by atoms with Crippen molar-refractivity contribution in [1.29, 1.82) is 0 Å². The van der Waals surface area contributed by atoms with E-state index in [2.05, 4.69) is 19.9 Å². The Labute approximate surface area is 111 Å². The quantitative estimate of drug-likeness (QED) is 0.837. The average Bonchev–Trinajstić information content (AvgIpc) is 2.84. The molecule has 102 valence electrons. The molecular formula is C11H14N4O3S. The minimum absolute atomic E-state index is 0.147. The van der Waals surface area contributed by atoms with Crippen LogP contribution in [0.3, 0.4) is 0 Å². The molecule has 0 unspecified atom stereocenters. The summed E-state index contributed by atoms with van der Waals surface area (Å²) in [5, 5.41) is 6.28. The van der Waals surface area contributed by atoms with E-state index in [4.69, 9.17) is 4.74 Å². The van der Waals surface area contributed by atoms with Crippen LogP contribution in [0.15, 0.2) is 29.4 Å². The van der Waals surface area contributed by atoms with Crippen LogP contribution in [0.2, 0.25) is 0 Å². The fraction of sp³-hybridized carbons (Fsp3) is 0.273. The van der Waals surface area contributed by atoms with Gasteiger partial charge in [0.1, 0.15) is 4.90 Å². The van der Waals surface area contributed by atoms with Crippen molar-refractivity contribution in [3.05, 3.63) is 35.8 Å². The standard InChI is InChI=1S/C11H14N4O3S/c1-8-10(7-13-15-8)19(16,17)14-6-9-3-4-11(18-2)12-5-9/h3-5,7,14H,6H2,1-2H3,(H,13,15). The SMILES string of the molecule is COc1ccc(CNS(=O)(=O)c2cn[nH]c2C)cn1. The summed E-state index contributed by atoms with van der Waals surface area (Å²) in [5.41, 5.74) is 1.24. The Kier molecular flexibility index (Phi) is 3.82. The van der Waals surface area contributed by atoms with E-state index >= 15 is 0 Å². The van der Waals surface area contributed by atoms with Crippen molar-refractivity contribution >= 4 is 10.0 Å².